The second-order valence-corrected chi connectivity index (χ2v) is 8.31. The molecule has 1 aliphatic rings. The van der Waals surface area contributed by atoms with Gasteiger partial charge in [0.25, 0.3) is 5.91 Å². The zero-order valence-corrected chi connectivity index (χ0v) is 18.2. The maximum Gasteiger partial charge on any atom is 0.257 e. The summed E-state index contributed by atoms with van der Waals surface area (Å²) < 4.78 is 0. The molecule has 168 valence electrons. The average molecular weight is 450 g/mol. The standard InChI is InChI=1S/C27H22N4O3/c1-2-8-20(24(28)32)25-29-22-14-13-18(15-23(22)30-25)27(34)21-12-7-6-11-19(21)26(33)31(27)16-17-9-4-3-5-10-17/h1,3-7,9-15,20,34H,8,16H2,(H2,28,32)(H,29,30). The zero-order chi connectivity index (χ0) is 23.9. The van der Waals surface area contributed by atoms with Crippen LogP contribution in [0.5, 0.6) is 0 Å². The smallest absolute Gasteiger partial charge is 0.257 e. The molecule has 1 aromatic heterocycles. The second-order valence-electron chi connectivity index (χ2n) is 8.31. The lowest BCUT2D eigenvalue weighted by Crippen LogP contribution is -2.44. The molecule has 2 atom stereocenters. The lowest BCUT2D eigenvalue weighted by atomic mass is 9.93. The predicted octanol–water partition coefficient (Wildman–Crippen LogP) is 3.00. The van der Waals surface area contributed by atoms with Gasteiger partial charge < -0.3 is 15.8 Å². The fourth-order valence-electron chi connectivity index (χ4n) is 4.54. The van der Waals surface area contributed by atoms with E-state index in [4.69, 9.17) is 12.2 Å². The number of nitrogens with zero attached hydrogens (tertiary/aromatic N) is 2. The summed E-state index contributed by atoms with van der Waals surface area (Å²) in [6, 6.07) is 21.8. The summed E-state index contributed by atoms with van der Waals surface area (Å²) in [6.45, 7) is 0.225. The van der Waals surface area contributed by atoms with Crippen LogP contribution in [0, 0.1) is 12.3 Å². The van der Waals surface area contributed by atoms with Crippen molar-refractivity contribution in [1.29, 1.82) is 0 Å². The van der Waals surface area contributed by atoms with Crippen molar-refractivity contribution in [2.24, 2.45) is 5.73 Å². The number of fused-ring (bicyclic) bond motifs is 2. The van der Waals surface area contributed by atoms with E-state index in [1.807, 2.05) is 30.3 Å². The van der Waals surface area contributed by atoms with Gasteiger partial charge in [0.1, 0.15) is 11.7 Å². The third kappa shape index (κ3) is 3.33. The van der Waals surface area contributed by atoms with Crippen molar-refractivity contribution >= 4 is 22.8 Å². The van der Waals surface area contributed by atoms with Gasteiger partial charge >= 0.3 is 0 Å². The molecule has 0 spiro atoms. The highest BCUT2D eigenvalue weighted by molar-refractivity contribution is 6.00. The summed E-state index contributed by atoms with van der Waals surface area (Å²) in [5, 5.41) is 12.1. The summed E-state index contributed by atoms with van der Waals surface area (Å²) in [6.07, 6.45) is 5.51. The van der Waals surface area contributed by atoms with Crippen molar-refractivity contribution in [2.75, 3.05) is 0 Å². The van der Waals surface area contributed by atoms with E-state index in [2.05, 4.69) is 15.9 Å². The van der Waals surface area contributed by atoms with Gasteiger partial charge in [-0.1, -0.05) is 54.6 Å². The van der Waals surface area contributed by atoms with E-state index in [0.717, 1.165) is 5.56 Å². The average Bonchev–Trinajstić information content (AvgIpc) is 3.36. The number of aromatic nitrogens is 2. The number of nitrogens with one attached hydrogen (secondary N) is 1. The van der Waals surface area contributed by atoms with E-state index < -0.39 is 17.6 Å². The Balaban J connectivity index is 1.63. The van der Waals surface area contributed by atoms with E-state index in [-0.39, 0.29) is 18.9 Å². The van der Waals surface area contributed by atoms with Crippen molar-refractivity contribution in [2.45, 2.75) is 24.6 Å². The van der Waals surface area contributed by atoms with Crippen molar-refractivity contribution in [3.63, 3.8) is 0 Å². The Kier molecular flexibility index (Phi) is 5.16. The first-order valence-corrected chi connectivity index (χ1v) is 10.8. The van der Waals surface area contributed by atoms with Gasteiger partial charge in [0, 0.05) is 29.7 Å². The number of carbonyl (C=O) groups is 2. The molecule has 4 N–H and O–H groups in total. The SMILES string of the molecule is C#CCC(C(N)=O)c1nc2ccc(C3(O)c4ccccc4C(=O)N3Cc3ccccc3)cc2[nH]1. The number of carbonyl (C=O) groups excluding carboxylic acids is 2. The number of amides is 2. The number of primary amides is 1. The summed E-state index contributed by atoms with van der Waals surface area (Å²) in [5.41, 5.74) is 7.37. The minimum absolute atomic E-state index is 0.124. The minimum Gasteiger partial charge on any atom is -0.369 e. The van der Waals surface area contributed by atoms with E-state index in [9.17, 15) is 14.7 Å². The molecule has 7 heteroatoms. The normalized spacial score (nSPS) is 18.0. The monoisotopic (exact) mass is 450 g/mol. The number of rotatable bonds is 6. The second kappa shape index (κ2) is 8.18. The molecule has 0 bridgehead atoms. The number of imidazole rings is 1. The molecular weight excluding hydrogens is 428 g/mol. The molecule has 0 fully saturated rings. The van der Waals surface area contributed by atoms with E-state index in [0.29, 0.717) is 33.5 Å². The number of hydrogen-bond donors (Lipinski definition) is 3. The fraction of sp³-hybridized carbons (Fsp3) is 0.148. The van der Waals surface area contributed by atoms with Crippen LogP contribution in [0.15, 0.2) is 72.8 Å². The topological polar surface area (TPSA) is 112 Å². The molecule has 34 heavy (non-hydrogen) atoms. The van der Waals surface area contributed by atoms with Crippen LogP contribution >= 0.6 is 0 Å². The first kappa shape index (κ1) is 21.4. The Morgan fingerprint density at radius 2 is 1.88 bits per heavy atom. The number of nitrogens with two attached hydrogens (primary N) is 1. The van der Waals surface area contributed by atoms with E-state index >= 15 is 0 Å². The molecule has 4 aromatic rings. The molecule has 5 rings (SSSR count). The van der Waals surface area contributed by atoms with Crippen molar-refractivity contribution in [1.82, 2.24) is 14.9 Å². The van der Waals surface area contributed by atoms with Gasteiger partial charge in [-0.3, -0.25) is 14.5 Å². The summed E-state index contributed by atoms with van der Waals surface area (Å²) in [7, 11) is 0. The van der Waals surface area contributed by atoms with Crippen LogP contribution in [0.3, 0.4) is 0 Å². The lowest BCUT2D eigenvalue weighted by molar-refractivity contribution is -0.119. The van der Waals surface area contributed by atoms with Gasteiger partial charge in [0.15, 0.2) is 5.72 Å². The van der Waals surface area contributed by atoms with Gasteiger partial charge in [0.05, 0.1) is 11.0 Å². The van der Waals surface area contributed by atoms with Crippen LogP contribution in [-0.2, 0) is 17.1 Å². The molecule has 2 amide bonds. The quantitative estimate of drug-likeness (QED) is 0.392. The molecule has 0 aliphatic carbocycles. The molecule has 2 heterocycles. The molecule has 3 aromatic carbocycles. The number of aliphatic hydroxyl groups is 1. The Morgan fingerprint density at radius 3 is 2.62 bits per heavy atom. The first-order chi connectivity index (χ1) is 16.4. The lowest BCUT2D eigenvalue weighted by Gasteiger charge is -2.35. The van der Waals surface area contributed by atoms with Crippen LogP contribution in [0.25, 0.3) is 11.0 Å². The molecular formula is C27H22N4O3. The molecule has 0 saturated heterocycles. The third-order valence-corrected chi connectivity index (χ3v) is 6.25. The number of aromatic amines is 1. The molecule has 1 aliphatic heterocycles. The molecule has 0 radical (unpaired) electrons. The van der Waals surface area contributed by atoms with E-state index in [1.54, 1.807) is 42.5 Å². The van der Waals surface area contributed by atoms with Crippen molar-refractivity contribution in [3.8, 4) is 12.3 Å². The Morgan fingerprint density at radius 1 is 1.15 bits per heavy atom. The van der Waals surface area contributed by atoms with Gasteiger partial charge in [-0.25, -0.2) is 4.98 Å². The van der Waals surface area contributed by atoms with E-state index in [1.165, 1.54) is 4.90 Å². The Labute approximate surface area is 196 Å². The van der Waals surface area contributed by atoms with Gasteiger partial charge in [0.2, 0.25) is 5.91 Å². The van der Waals surface area contributed by atoms with Crippen molar-refractivity contribution in [3.05, 3.63) is 101 Å². The van der Waals surface area contributed by atoms with Gasteiger partial charge in [-0.05, 0) is 23.8 Å². The summed E-state index contributed by atoms with van der Waals surface area (Å²) in [4.78, 5) is 34.3. The summed E-state index contributed by atoms with van der Waals surface area (Å²) >= 11 is 0. The highest BCUT2D eigenvalue weighted by atomic mass is 16.3. The maximum atomic E-state index is 13.4. The van der Waals surface area contributed by atoms with Crippen LogP contribution in [0.2, 0.25) is 0 Å². The maximum absolute atomic E-state index is 13.4. The predicted molar refractivity (Wildman–Crippen MR) is 127 cm³/mol. The number of terminal acetylenes is 1. The molecule has 0 saturated carbocycles. The zero-order valence-electron chi connectivity index (χ0n) is 18.2. The van der Waals surface area contributed by atoms with Crippen molar-refractivity contribution < 1.29 is 14.7 Å². The van der Waals surface area contributed by atoms with Gasteiger partial charge in [-0.15, -0.1) is 12.3 Å². The molecule has 2 unspecified atom stereocenters. The number of H-pyrrole nitrogens is 1. The Bertz CT molecular complexity index is 1450. The minimum atomic E-state index is -1.69. The van der Waals surface area contributed by atoms with Gasteiger partial charge in [-0.2, -0.15) is 0 Å². The fourth-order valence-corrected chi connectivity index (χ4v) is 4.54. The molecule has 7 nitrogen and oxygen atoms in total. The highest BCUT2D eigenvalue weighted by Gasteiger charge is 2.49. The first-order valence-electron chi connectivity index (χ1n) is 10.8. The van der Waals surface area contributed by atoms with Crippen LogP contribution in [0.1, 0.15) is 45.2 Å². The Hall–Kier alpha value is -4.41. The van der Waals surface area contributed by atoms with Crippen LogP contribution < -0.4 is 5.73 Å². The summed E-state index contributed by atoms with van der Waals surface area (Å²) in [5.74, 6) is 1.26. The van der Waals surface area contributed by atoms with Crippen LogP contribution in [-0.4, -0.2) is 31.8 Å². The number of hydrogen-bond acceptors (Lipinski definition) is 4. The highest BCUT2D eigenvalue weighted by Crippen LogP contribution is 2.43. The third-order valence-electron chi connectivity index (χ3n) is 6.25. The van der Waals surface area contributed by atoms with Crippen LogP contribution in [0.4, 0.5) is 0 Å². The number of benzene rings is 3. The largest absolute Gasteiger partial charge is 0.369 e.